The highest BCUT2D eigenvalue weighted by Crippen LogP contribution is 2.37. The van der Waals surface area contributed by atoms with Gasteiger partial charge in [-0.15, -0.1) is 0 Å². The van der Waals surface area contributed by atoms with E-state index in [1.54, 1.807) is 0 Å². The summed E-state index contributed by atoms with van der Waals surface area (Å²) in [6, 6.07) is 54.8. The number of nitrogens with zero attached hydrogens (tertiary/aromatic N) is 1. The van der Waals surface area contributed by atoms with E-state index in [1.165, 1.54) is 22.3 Å². The summed E-state index contributed by atoms with van der Waals surface area (Å²) in [7, 11) is 0. The molecule has 0 saturated heterocycles. The second-order valence-electron chi connectivity index (χ2n) is 11.2. The van der Waals surface area contributed by atoms with Gasteiger partial charge in [0.1, 0.15) is 5.75 Å². The first-order valence-electron chi connectivity index (χ1n) is 15.1. The van der Waals surface area contributed by atoms with E-state index < -0.39 is 0 Å². The lowest BCUT2D eigenvalue weighted by molar-refractivity contribution is 0.136. The summed E-state index contributed by atoms with van der Waals surface area (Å²) in [6.07, 6.45) is 0.815. The van der Waals surface area contributed by atoms with E-state index in [-0.39, 0.29) is 12.1 Å². The molecule has 6 rings (SSSR count). The average Bonchev–Trinajstić information content (AvgIpc) is 3.06. The van der Waals surface area contributed by atoms with E-state index in [9.17, 15) is 5.11 Å². The molecule has 0 aromatic heterocycles. The number of phenolic OH excluding ortho intramolecular Hbond substituents is 1. The number of fused-ring (bicyclic) bond motifs is 1. The van der Waals surface area contributed by atoms with Crippen LogP contribution in [0.2, 0.25) is 0 Å². The van der Waals surface area contributed by atoms with Crippen LogP contribution in [0.1, 0.15) is 33.9 Å². The molecule has 6 aromatic carbocycles. The van der Waals surface area contributed by atoms with Gasteiger partial charge >= 0.3 is 0 Å². The van der Waals surface area contributed by atoms with Crippen LogP contribution in [0.15, 0.2) is 158 Å². The summed E-state index contributed by atoms with van der Waals surface area (Å²) >= 11 is 0. The third kappa shape index (κ3) is 7.21. The van der Waals surface area contributed by atoms with Gasteiger partial charge in [0, 0.05) is 31.2 Å². The highest BCUT2D eigenvalue weighted by atomic mass is 16.3. The third-order valence-corrected chi connectivity index (χ3v) is 8.23. The van der Waals surface area contributed by atoms with E-state index in [0.29, 0.717) is 12.3 Å². The molecule has 0 amide bonds. The maximum Gasteiger partial charge on any atom is 0.121 e. The number of aromatic hydroxyl groups is 1. The predicted octanol–water partition coefficient (Wildman–Crippen LogP) is 8.69. The van der Waals surface area contributed by atoms with Crippen molar-refractivity contribution in [3.8, 4) is 5.75 Å². The zero-order valence-corrected chi connectivity index (χ0v) is 24.4. The highest BCUT2D eigenvalue weighted by Gasteiger charge is 2.32. The zero-order chi connectivity index (χ0) is 29.3. The van der Waals surface area contributed by atoms with Crippen LogP contribution < -0.4 is 5.32 Å². The molecule has 2 N–H and O–H groups in total. The summed E-state index contributed by atoms with van der Waals surface area (Å²) in [4.78, 5) is 2.58. The van der Waals surface area contributed by atoms with Crippen LogP contribution in [0.25, 0.3) is 10.8 Å². The van der Waals surface area contributed by atoms with Crippen molar-refractivity contribution in [1.82, 2.24) is 10.2 Å². The maximum atomic E-state index is 11.6. The molecule has 3 heteroatoms. The first kappa shape index (κ1) is 28.4. The van der Waals surface area contributed by atoms with Gasteiger partial charge in [0.25, 0.3) is 0 Å². The van der Waals surface area contributed by atoms with Crippen molar-refractivity contribution in [2.24, 2.45) is 0 Å². The number of benzene rings is 6. The van der Waals surface area contributed by atoms with E-state index >= 15 is 0 Å². The van der Waals surface area contributed by atoms with Gasteiger partial charge in [-0.25, -0.2) is 0 Å². The Balaban J connectivity index is 1.51. The minimum Gasteiger partial charge on any atom is -0.508 e. The lowest BCUT2D eigenvalue weighted by Gasteiger charge is -2.39. The van der Waals surface area contributed by atoms with Crippen LogP contribution in [-0.2, 0) is 26.1 Å². The molecule has 3 nitrogen and oxygen atoms in total. The Morgan fingerprint density at radius 3 is 1.58 bits per heavy atom. The Morgan fingerprint density at radius 1 is 0.512 bits per heavy atom. The molecular weight excluding hydrogens is 524 g/mol. The number of hydrogen-bond donors (Lipinski definition) is 2. The first-order valence-corrected chi connectivity index (χ1v) is 15.1. The molecule has 214 valence electrons. The quantitative estimate of drug-likeness (QED) is 0.157. The summed E-state index contributed by atoms with van der Waals surface area (Å²) in [6.45, 7) is 2.24. The van der Waals surface area contributed by atoms with Crippen molar-refractivity contribution in [2.45, 2.75) is 38.1 Å². The molecule has 0 aliphatic rings. The van der Waals surface area contributed by atoms with Crippen LogP contribution in [0.3, 0.4) is 0 Å². The fourth-order valence-corrected chi connectivity index (χ4v) is 6.10. The van der Waals surface area contributed by atoms with Crippen molar-refractivity contribution >= 4 is 10.8 Å². The molecule has 0 heterocycles. The van der Waals surface area contributed by atoms with Gasteiger partial charge in [-0.2, -0.15) is 0 Å². The average molecular weight is 563 g/mol. The van der Waals surface area contributed by atoms with Crippen molar-refractivity contribution in [2.75, 3.05) is 0 Å². The number of phenols is 1. The van der Waals surface area contributed by atoms with Crippen molar-refractivity contribution in [1.29, 1.82) is 0 Å². The smallest absolute Gasteiger partial charge is 0.121 e. The predicted molar refractivity (Wildman–Crippen MR) is 178 cm³/mol. The van der Waals surface area contributed by atoms with Gasteiger partial charge in [-0.1, -0.05) is 152 Å². The molecule has 6 aromatic rings. The summed E-state index contributed by atoms with van der Waals surface area (Å²) in [5, 5.41) is 17.7. The molecule has 0 aliphatic heterocycles. The molecule has 0 radical (unpaired) electrons. The molecule has 0 bridgehead atoms. The third-order valence-electron chi connectivity index (χ3n) is 8.23. The van der Waals surface area contributed by atoms with Crippen LogP contribution >= 0.6 is 0 Å². The summed E-state index contributed by atoms with van der Waals surface area (Å²) in [5.41, 5.74) is 5.95. The van der Waals surface area contributed by atoms with Crippen molar-refractivity contribution in [3.05, 3.63) is 186 Å². The van der Waals surface area contributed by atoms with Gasteiger partial charge in [-0.05, 0) is 45.5 Å². The Labute approximate surface area is 255 Å². The number of rotatable bonds is 12. The Hall–Kier alpha value is -4.70. The van der Waals surface area contributed by atoms with E-state index in [0.717, 1.165) is 35.8 Å². The van der Waals surface area contributed by atoms with Crippen LogP contribution in [0.4, 0.5) is 0 Å². The standard InChI is InChI=1S/C40H38N2O/c43-38-26-25-35-23-13-14-24-36(35)39(38)40(41-28-32-17-7-2-8-18-32)37(27-31-15-5-1-6-16-31)42(29-33-19-9-3-10-20-33)30-34-21-11-4-12-22-34/h1-26,37,40-41,43H,27-30H2/t37-,40-/m0/s1. The summed E-state index contributed by atoms with van der Waals surface area (Å²) < 4.78 is 0. The van der Waals surface area contributed by atoms with Gasteiger partial charge in [0.05, 0.1) is 6.04 Å². The lowest BCUT2D eigenvalue weighted by Crippen LogP contribution is -2.45. The Morgan fingerprint density at radius 2 is 1.00 bits per heavy atom. The monoisotopic (exact) mass is 562 g/mol. The molecular formula is C40H38N2O. The number of hydrogen-bond acceptors (Lipinski definition) is 3. The van der Waals surface area contributed by atoms with E-state index in [1.807, 2.05) is 12.1 Å². The molecule has 0 fully saturated rings. The second kappa shape index (κ2) is 14.0. The van der Waals surface area contributed by atoms with Gasteiger partial charge in [0.15, 0.2) is 0 Å². The van der Waals surface area contributed by atoms with Crippen molar-refractivity contribution < 1.29 is 5.11 Å². The van der Waals surface area contributed by atoms with Crippen LogP contribution in [0, 0.1) is 0 Å². The van der Waals surface area contributed by atoms with Crippen molar-refractivity contribution in [3.63, 3.8) is 0 Å². The number of nitrogens with one attached hydrogen (secondary N) is 1. The van der Waals surface area contributed by atoms with E-state index in [4.69, 9.17) is 0 Å². The topological polar surface area (TPSA) is 35.5 Å². The molecule has 0 unspecified atom stereocenters. The Kier molecular flexibility index (Phi) is 9.24. The zero-order valence-electron chi connectivity index (χ0n) is 24.4. The van der Waals surface area contributed by atoms with Gasteiger partial charge in [0.2, 0.25) is 0 Å². The maximum absolute atomic E-state index is 11.6. The Bertz CT molecular complexity index is 1660. The molecule has 0 spiro atoms. The SMILES string of the molecule is Oc1ccc2ccccc2c1[C@@H](NCc1ccccc1)[C@H](Cc1ccccc1)N(Cc1ccccc1)Cc1ccccc1. The second-order valence-corrected chi connectivity index (χ2v) is 11.2. The minimum absolute atomic E-state index is 0.0169. The molecule has 43 heavy (non-hydrogen) atoms. The van der Waals surface area contributed by atoms with Crippen LogP contribution in [-0.4, -0.2) is 16.0 Å². The molecule has 0 aliphatic carbocycles. The lowest BCUT2D eigenvalue weighted by atomic mass is 9.88. The molecule has 0 saturated carbocycles. The molecule has 2 atom stereocenters. The van der Waals surface area contributed by atoms with E-state index in [2.05, 4.69) is 156 Å². The van der Waals surface area contributed by atoms with Crippen LogP contribution in [0.5, 0.6) is 5.75 Å². The fraction of sp³-hybridized carbons (Fsp3) is 0.150. The summed E-state index contributed by atoms with van der Waals surface area (Å²) in [5.74, 6) is 0.321. The first-order chi connectivity index (χ1) is 21.2. The highest BCUT2D eigenvalue weighted by molar-refractivity contribution is 5.88. The van der Waals surface area contributed by atoms with Gasteiger partial charge < -0.3 is 10.4 Å². The fourth-order valence-electron chi connectivity index (χ4n) is 6.10. The minimum atomic E-state index is -0.168. The van der Waals surface area contributed by atoms with Gasteiger partial charge in [-0.3, -0.25) is 4.90 Å². The normalized spacial score (nSPS) is 12.8. The largest absolute Gasteiger partial charge is 0.508 e.